The molecule has 5 heteroatoms. The Morgan fingerprint density at radius 1 is 1.27 bits per heavy atom. The first-order chi connectivity index (χ1) is 10.4. The van der Waals surface area contributed by atoms with E-state index in [9.17, 15) is 18.0 Å². The zero-order valence-corrected chi connectivity index (χ0v) is 12.5. The minimum absolute atomic E-state index is 0.0114. The van der Waals surface area contributed by atoms with Gasteiger partial charge in [-0.1, -0.05) is 29.8 Å². The monoisotopic (exact) mass is 311 g/mol. The number of amides is 1. The van der Waals surface area contributed by atoms with Crippen molar-refractivity contribution >= 4 is 5.91 Å². The molecule has 0 heterocycles. The zero-order valence-electron chi connectivity index (χ0n) is 12.5. The van der Waals surface area contributed by atoms with E-state index < -0.39 is 11.7 Å². The van der Waals surface area contributed by atoms with E-state index >= 15 is 0 Å². The Morgan fingerprint density at radius 2 is 2.00 bits per heavy atom. The second kappa shape index (κ2) is 6.99. The third kappa shape index (κ3) is 4.36. The lowest BCUT2D eigenvalue weighted by Crippen LogP contribution is -2.35. The fraction of sp³-hybridized carbons (Fsp3) is 0.471. The van der Waals surface area contributed by atoms with Gasteiger partial charge in [-0.05, 0) is 44.2 Å². The van der Waals surface area contributed by atoms with Gasteiger partial charge in [-0.2, -0.15) is 13.2 Å². The van der Waals surface area contributed by atoms with Crippen molar-refractivity contribution in [1.29, 1.82) is 0 Å². The average molecular weight is 311 g/mol. The topological polar surface area (TPSA) is 29.1 Å². The van der Waals surface area contributed by atoms with E-state index in [4.69, 9.17) is 0 Å². The molecule has 0 radical (unpaired) electrons. The van der Waals surface area contributed by atoms with Crippen molar-refractivity contribution in [3.05, 3.63) is 47.0 Å². The maximum atomic E-state index is 12.9. The fourth-order valence-electron chi connectivity index (χ4n) is 2.77. The summed E-state index contributed by atoms with van der Waals surface area (Å²) in [4.78, 5) is 12.0. The van der Waals surface area contributed by atoms with E-state index in [1.165, 1.54) is 23.8 Å². The molecule has 1 amide bonds. The molecule has 2 rings (SSSR count). The van der Waals surface area contributed by atoms with E-state index in [1.807, 2.05) is 6.92 Å². The molecule has 1 atom stereocenters. The van der Waals surface area contributed by atoms with E-state index in [2.05, 4.69) is 11.4 Å². The third-order valence-corrected chi connectivity index (χ3v) is 3.93. The van der Waals surface area contributed by atoms with Crippen molar-refractivity contribution in [2.24, 2.45) is 0 Å². The highest BCUT2D eigenvalue weighted by atomic mass is 19.4. The first-order valence-electron chi connectivity index (χ1n) is 7.51. The van der Waals surface area contributed by atoms with E-state index in [0.29, 0.717) is 0 Å². The van der Waals surface area contributed by atoms with E-state index in [0.717, 1.165) is 31.7 Å². The van der Waals surface area contributed by atoms with Gasteiger partial charge in [0, 0.05) is 6.04 Å². The zero-order chi connectivity index (χ0) is 16.2. The summed E-state index contributed by atoms with van der Waals surface area (Å²) < 4.78 is 38.7. The number of alkyl halides is 3. The van der Waals surface area contributed by atoms with Crippen LogP contribution in [0.15, 0.2) is 35.9 Å². The van der Waals surface area contributed by atoms with E-state index in [1.54, 1.807) is 0 Å². The Balaban J connectivity index is 2.02. The van der Waals surface area contributed by atoms with Crippen LogP contribution in [0.2, 0.25) is 0 Å². The highest BCUT2D eigenvalue weighted by molar-refractivity contribution is 5.79. The van der Waals surface area contributed by atoms with Crippen LogP contribution in [-0.2, 0) is 17.4 Å². The van der Waals surface area contributed by atoms with Crippen LogP contribution in [0.4, 0.5) is 13.2 Å². The number of benzene rings is 1. The standard InChI is InChI=1S/C17H20F3NO/c1-12(13-7-3-2-4-8-13)21-16(22)11-14-9-5-6-10-15(14)17(18,19)20/h5-7,9-10,12H,2-4,8,11H2,1H3,(H,21,22). The smallest absolute Gasteiger partial charge is 0.350 e. The van der Waals surface area contributed by atoms with Crippen molar-refractivity contribution in [1.82, 2.24) is 5.32 Å². The third-order valence-electron chi connectivity index (χ3n) is 3.93. The van der Waals surface area contributed by atoms with Crippen molar-refractivity contribution in [3.8, 4) is 0 Å². The molecule has 0 aromatic heterocycles. The van der Waals surface area contributed by atoms with Crippen molar-refractivity contribution < 1.29 is 18.0 Å². The van der Waals surface area contributed by atoms with Gasteiger partial charge >= 0.3 is 6.18 Å². The van der Waals surface area contributed by atoms with Crippen LogP contribution >= 0.6 is 0 Å². The lowest BCUT2D eigenvalue weighted by Gasteiger charge is -2.21. The van der Waals surface area contributed by atoms with E-state index in [-0.39, 0.29) is 23.9 Å². The summed E-state index contributed by atoms with van der Waals surface area (Å²) in [5.41, 5.74) is 0.440. The number of hydrogen-bond donors (Lipinski definition) is 1. The van der Waals surface area contributed by atoms with Gasteiger partial charge in [-0.25, -0.2) is 0 Å². The van der Waals surface area contributed by atoms with Gasteiger partial charge in [-0.3, -0.25) is 4.79 Å². The number of nitrogens with one attached hydrogen (secondary N) is 1. The summed E-state index contributed by atoms with van der Waals surface area (Å²) in [7, 11) is 0. The normalized spacial score (nSPS) is 16.8. The SMILES string of the molecule is CC(NC(=O)Cc1ccccc1C(F)(F)F)C1=CCCCC1. The molecule has 1 aliphatic rings. The summed E-state index contributed by atoms with van der Waals surface area (Å²) in [5.74, 6) is -0.379. The molecule has 0 fully saturated rings. The predicted molar refractivity (Wildman–Crippen MR) is 79.3 cm³/mol. The van der Waals surface area contributed by atoms with Gasteiger partial charge in [0.05, 0.1) is 12.0 Å². The van der Waals surface area contributed by atoms with Gasteiger partial charge in [0.2, 0.25) is 5.91 Å². The number of hydrogen-bond acceptors (Lipinski definition) is 1. The van der Waals surface area contributed by atoms with Crippen LogP contribution in [-0.4, -0.2) is 11.9 Å². The highest BCUT2D eigenvalue weighted by Gasteiger charge is 2.33. The average Bonchev–Trinajstić information content (AvgIpc) is 2.47. The Labute approximate surface area is 128 Å². The first kappa shape index (κ1) is 16.6. The van der Waals surface area contributed by atoms with Crippen LogP contribution in [0.1, 0.15) is 43.7 Å². The van der Waals surface area contributed by atoms with Crippen LogP contribution in [0.3, 0.4) is 0 Å². The summed E-state index contributed by atoms with van der Waals surface area (Å²) in [6.45, 7) is 1.88. The summed E-state index contributed by atoms with van der Waals surface area (Å²) in [6, 6.07) is 5.10. The minimum atomic E-state index is -4.44. The Kier molecular flexibility index (Phi) is 5.27. The summed E-state index contributed by atoms with van der Waals surface area (Å²) >= 11 is 0. The van der Waals surface area contributed by atoms with Crippen LogP contribution in [0.25, 0.3) is 0 Å². The second-order valence-electron chi connectivity index (χ2n) is 5.65. The molecule has 120 valence electrons. The Bertz CT molecular complexity index is 563. The lowest BCUT2D eigenvalue weighted by molar-refractivity contribution is -0.138. The molecule has 0 aliphatic heterocycles. The second-order valence-corrected chi connectivity index (χ2v) is 5.65. The fourth-order valence-corrected chi connectivity index (χ4v) is 2.77. The molecule has 0 bridgehead atoms. The molecule has 0 spiro atoms. The Hall–Kier alpha value is -1.78. The number of carbonyl (C=O) groups is 1. The molecule has 1 N–H and O–H groups in total. The highest BCUT2D eigenvalue weighted by Crippen LogP contribution is 2.32. The van der Waals surface area contributed by atoms with Crippen molar-refractivity contribution in [2.75, 3.05) is 0 Å². The molecular weight excluding hydrogens is 291 g/mol. The quantitative estimate of drug-likeness (QED) is 0.827. The van der Waals surface area contributed by atoms with Crippen molar-refractivity contribution in [3.63, 3.8) is 0 Å². The summed E-state index contributed by atoms with van der Waals surface area (Å²) in [5, 5.41) is 2.80. The molecule has 0 saturated heterocycles. The maximum absolute atomic E-state index is 12.9. The number of halogens is 3. The summed E-state index contributed by atoms with van der Waals surface area (Å²) in [6.07, 6.45) is 1.64. The van der Waals surface area contributed by atoms with Gasteiger partial charge in [0.25, 0.3) is 0 Å². The molecular formula is C17H20F3NO. The number of allylic oxidation sites excluding steroid dienone is 1. The molecule has 1 aromatic rings. The molecule has 22 heavy (non-hydrogen) atoms. The van der Waals surface area contributed by atoms with Gasteiger partial charge in [0.1, 0.15) is 0 Å². The maximum Gasteiger partial charge on any atom is 0.416 e. The van der Waals surface area contributed by atoms with Crippen LogP contribution in [0.5, 0.6) is 0 Å². The Morgan fingerprint density at radius 3 is 2.64 bits per heavy atom. The van der Waals surface area contributed by atoms with Gasteiger partial charge in [0.15, 0.2) is 0 Å². The number of rotatable bonds is 4. The molecule has 1 aliphatic carbocycles. The van der Waals surface area contributed by atoms with Gasteiger partial charge < -0.3 is 5.32 Å². The largest absolute Gasteiger partial charge is 0.416 e. The van der Waals surface area contributed by atoms with Crippen molar-refractivity contribution in [2.45, 2.75) is 51.2 Å². The predicted octanol–water partition coefficient (Wildman–Crippen LogP) is 4.25. The van der Waals surface area contributed by atoms with Crippen LogP contribution in [0, 0.1) is 0 Å². The van der Waals surface area contributed by atoms with Crippen LogP contribution < -0.4 is 5.32 Å². The van der Waals surface area contributed by atoms with Gasteiger partial charge in [-0.15, -0.1) is 0 Å². The molecule has 1 unspecified atom stereocenters. The lowest BCUT2D eigenvalue weighted by atomic mass is 9.94. The minimum Gasteiger partial charge on any atom is -0.350 e. The molecule has 2 nitrogen and oxygen atoms in total. The molecule has 0 saturated carbocycles. The number of carbonyl (C=O) groups excluding carboxylic acids is 1. The molecule has 1 aromatic carbocycles. The first-order valence-corrected chi connectivity index (χ1v) is 7.51.